The molecule has 1 atom stereocenters. The maximum atomic E-state index is 12.5. The SMILES string of the molecule is CCCC(CCC)S(=O)(=O)C[C@@H](NC(=O)OCc1ccncc1)C(=O)O. The Kier molecular flexibility index (Phi) is 9.04. The summed E-state index contributed by atoms with van der Waals surface area (Å²) in [6.45, 7) is 3.69. The van der Waals surface area contributed by atoms with E-state index in [2.05, 4.69) is 10.3 Å². The van der Waals surface area contributed by atoms with Gasteiger partial charge in [-0.3, -0.25) is 4.98 Å². The van der Waals surface area contributed by atoms with Gasteiger partial charge in [-0.1, -0.05) is 26.7 Å². The van der Waals surface area contributed by atoms with Crippen molar-refractivity contribution >= 4 is 21.9 Å². The lowest BCUT2D eigenvalue weighted by Crippen LogP contribution is -2.47. The number of aromatic nitrogens is 1. The molecule has 9 heteroatoms. The molecule has 1 aromatic heterocycles. The van der Waals surface area contributed by atoms with Crippen molar-refractivity contribution in [2.45, 2.75) is 57.4 Å². The molecule has 1 aromatic rings. The van der Waals surface area contributed by atoms with Crippen LogP contribution in [0.25, 0.3) is 0 Å². The van der Waals surface area contributed by atoms with Crippen LogP contribution < -0.4 is 5.32 Å². The molecule has 0 fully saturated rings. The quantitative estimate of drug-likeness (QED) is 0.597. The lowest BCUT2D eigenvalue weighted by Gasteiger charge is -2.20. The molecule has 0 saturated carbocycles. The first-order chi connectivity index (χ1) is 12.3. The average molecular weight is 386 g/mol. The molecular formula is C17H26N2O6S. The Morgan fingerprint density at radius 2 is 1.77 bits per heavy atom. The summed E-state index contributed by atoms with van der Waals surface area (Å²) in [4.78, 5) is 27.0. The standard InChI is InChI=1S/C17H26N2O6S/c1-3-5-14(6-4-2)26(23,24)12-15(16(20)21)19-17(22)25-11-13-7-9-18-10-8-13/h7-10,14-15H,3-6,11-12H2,1-2H3,(H,19,22)(H,20,21)/t15-/m1/s1. The first-order valence-electron chi connectivity index (χ1n) is 8.56. The van der Waals surface area contributed by atoms with Crippen LogP contribution in [0.5, 0.6) is 0 Å². The van der Waals surface area contributed by atoms with Crippen LogP contribution in [-0.2, 0) is 26.0 Å². The molecule has 1 amide bonds. The zero-order valence-electron chi connectivity index (χ0n) is 15.1. The lowest BCUT2D eigenvalue weighted by atomic mass is 10.2. The van der Waals surface area contributed by atoms with E-state index in [1.54, 1.807) is 12.1 Å². The van der Waals surface area contributed by atoms with E-state index in [1.165, 1.54) is 12.4 Å². The van der Waals surface area contributed by atoms with E-state index in [9.17, 15) is 23.1 Å². The van der Waals surface area contributed by atoms with Gasteiger partial charge in [0.15, 0.2) is 9.84 Å². The Labute approximate surface area is 153 Å². The predicted octanol–water partition coefficient (Wildman–Crippen LogP) is 2.14. The van der Waals surface area contributed by atoms with Crippen LogP contribution >= 0.6 is 0 Å². The molecule has 0 aliphatic heterocycles. The minimum Gasteiger partial charge on any atom is -0.480 e. The van der Waals surface area contributed by atoms with Crippen LogP contribution in [0.3, 0.4) is 0 Å². The number of carbonyl (C=O) groups is 2. The van der Waals surface area contributed by atoms with Gasteiger partial charge in [0, 0.05) is 12.4 Å². The summed E-state index contributed by atoms with van der Waals surface area (Å²) in [7, 11) is -3.66. The number of aliphatic carboxylic acids is 1. The number of nitrogens with zero attached hydrogens (tertiary/aromatic N) is 1. The second-order valence-corrected chi connectivity index (χ2v) is 8.32. The fourth-order valence-electron chi connectivity index (χ4n) is 2.50. The predicted molar refractivity (Wildman–Crippen MR) is 96.4 cm³/mol. The Hall–Kier alpha value is -2.16. The third-order valence-electron chi connectivity index (χ3n) is 3.84. The minimum atomic E-state index is -3.66. The maximum absolute atomic E-state index is 12.5. The van der Waals surface area contributed by atoms with Gasteiger partial charge in [0.05, 0.1) is 11.0 Å². The maximum Gasteiger partial charge on any atom is 0.408 e. The molecule has 0 bridgehead atoms. The van der Waals surface area contributed by atoms with Crippen molar-refractivity contribution < 1.29 is 27.9 Å². The second kappa shape index (κ2) is 10.7. The summed E-state index contributed by atoms with van der Waals surface area (Å²) < 4.78 is 30.0. The van der Waals surface area contributed by atoms with Gasteiger partial charge in [0.2, 0.25) is 0 Å². The van der Waals surface area contributed by atoms with E-state index in [0.29, 0.717) is 31.2 Å². The van der Waals surface area contributed by atoms with Crippen molar-refractivity contribution in [1.82, 2.24) is 10.3 Å². The van der Waals surface area contributed by atoms with Crippen LogP contribution in [0.4, 0.5) is 4.79 Å². The number of carboxylic acids is 1. The summed E-state index contributed by atoms with van der Waals surface area (Å²) in [5.74, 6) is -2.07. The fraction of sp³-hybridized carbons (Fsp3) is 0.588. The number of hydrogen-bond donors (Lipinski definition) is 2. The van der Waals surface area contributed by atoms with Crippen LogP contribution in [0.2, 0.25) is 0 Å². The minimum absolute atomic E-state index is 0.0677. The molecule has 1 rings (SSSR count). The number of ether oxygens (including phenoxy) is 1. The van der Waals surface area contributed by atoms with Gasteiger partial charge < -0.3 is 15.2 Å². The van der Waals surface area contributed by atoms with E-state index in [1.807, 2.05) is 13.8 Å². The Morgan fingerprint density at radius 3 is 2.27 bits per heavy atom. The van der Waals surface area contributed by atoms with Crippen molar-refractivity contribution in [3.05, 3.63) is 30.1 Å². The van der Waals surface area contributed by atoms with Crippen molar-refractivity contribution in [2.75, 3.05) is 5.75 Å². The zero-order chi connectivity index (χ0) is 19.6. The molecule has 1 heterocycles. The molecule has 0 aliphatic rings. The highest BCUT2D eigenvalue weighted by molar-refractivity contribution is 7.92. The molecule has 8 nitrogen and oxygen atoms in total. The first-order valence-corrected chi connectivity index (χ1v) is 10.3. The number of sulfone groups is 1. The fourth-order valence-corrected chi connectivity index (χ4v) is 4.65. The number of nitrogens with one attached hydrogen (secondary N) is 1. The lowest BCUT2D eigenvalue weighted by molar-refractivity contribution is -0.138. The molecule has 0 unspecified atom stereocenters. The summed E-state index contributed by atoms with van der Waals surface area (Å²) in [6.07, 6.45) is 4.39. The van der Waals surface area contributed by atoms with E-state index in [0.717, 1.165) is 0 Å². The zero-order valence-corrected chi connectivity index (χ0v) is 15.9. The molecule has 26 heavy (non-hydrogen) atoms. The molecule has 0 aromatic carbocycles. The van der Waals surface area contributed by atoms with Gasteiger partial charge in [-0.25, -0.2) is 18.0 Å². The first kappa shape index (κ1) is 21.9. The van der Waals surface area contributed by atoms with Crippen LogP contribution in [0, 0.1) is 0 Å². The average Bonchev–Trinajstić information content (AvgIpc) is 2.60. The topological polar surface area (TPSA) is 123 Å². The van der Waals surface area contributed by atoms with E-state index in [4.69, 9.17) is 4.74 Å². The van der Waals surface area contributed by atoms with Crippen LogP contribution in [0.1, 0.15) is 45.1 Å². The summed E-state index contributed by atoms with van der Waals surface area (Å²) >= 11 is 0. The summed E-state index contributed by atoms with van der Waals surface area (Å²) in [6, 6.07) is 1.74. The summed E-state index contributed by atoms with van der Waals surface area (Å²) in [5.41, 5.74) is 0.681. The van der Waals surface area contributed by atoms with Gasteiger partial charge in [-0.15, -0.1) is 0 Å². The number of carboxylic acid groups (broad SMARTS) is 1. The highest BCUT2D eigenvalue weighted by atomic mass is 32.2. The number of carbonyl (C=O) groups excluding carboxylic acids is 1. The molecule has 0 aliphatic carbocycles. The number of alkyl carbamates (subject to hydrolysis) is 1. The van der Waals surface area contributed by atoms with Gasteiger partial charge >= 0.3 is 12.1 Å². The van der Waals surface area contributed by atoms with Gasteiger partial charge in [-0.2, -0.15) is 0 Å². The Bertz CT molecular complexity index is 672. The van der Waals surface area contributed by atoms with Crippen molar-refractivity contribution in [1.29, 1.82) is 0 Å². The Morgan fingerprint density at radius 1 is 1.19 bits per heavy atom. The van der Waals surface area contributed by atoms with E-state index >= 15 is 0 Å². The Balaban J connectivity index is 2.69. The van der Waals surface area contributed by atoms with E-state index < -0.39 is 38.9 Å². The van der Waals surface area contributed by atoms with Gasteiger partial charge in [-0.05, 0) is 30.5 Å². The van der Waals surface area contributed by atoms with E-state index in [-0.39, 0.29) is 6.61 Å². The molecule has 2 N–H and O–H groups in total. The smallest absolute Gasteiger partial charge is 0.408 e. The van der Waals surface area contributed by atoms with Crippen molar-refractivity contribution in [3.63, 3.8) is 0 Å². The monoisotopic (exact) mass is 386 g/mol. The van der Waals surface area contributed by atoms with Crippen molar-refractivity contribution in [2.24, 2.45) is 0 Å². The third-order valence-corrected chi connectivity index (χ3v) is 6.12. The number of hydrogen-bond acceptors (Lipinski definition) is 6. The number of rotatable bonds is 11. The molecule has 0 saturated heterocycles. The highest BCUT2D eigenvalue weighted by Gasteiger charge is 2.32. The third kappa shape index (κ3) is 7.38. The van der Waals surface area contributed by atoms with Crippen LogP contribution in [-0.4, -0.2) is 47.6 Å². The molecule has 0 radical (unpaired) electrons. The summed E-state index contributed by atoms with van der Waals surface area (Å²) in [5, 5.41) is 10.8. The van der Waals surface area contributed by atoms with Crippen LogP contribution in [0.15, 0.2) is 24.5 Å². The number of amides is 1. The molecule has 146 valence electrons. The molecule has 0 spiro atoms. The van der Waals surface area contributed by atoms with Gasteiger partial charge in [0.25, 0.3) is 0 Å². The van der Waals surface area contributed by atoms with Gasteiger partial charge in [0.1, 0.15) is 12.6 Å². The normalized spacial score (nSPS) is 12.6. The van der Waals surface area contributed by atoms with Crippen molar-refractivity contribution in [3.8, 4) is 0 Å². The molecular weight excluding hydrogens is 360 g/mol. The highest BCUT2D eigenvalue weighted by Crippen LogP contribution is 2.17. The number of pyridine rings is 1. The largest absolute Gasteiger partial charge is 0.480 e. The second-order valence-electron chi connectivity index (χ2n) is 6.00.